The number of rotatable bonds is 8. The van der Waals surface area contributed by atoms with Crippen molar-refractivity contribution in [1.29, 1.82) is 0 Å². The van der Waals surface area contributed by atoms with E-state index in [0.29, 0.717) is 30.6 Å². The Morgan fingerprint density at radius 3 is 2.53 bits per heavy atom. The van der Waals surface area contributed by atoms with E-state index >= 15 is 0 Å². The number of allylic oxidation sites excluding steroid dienone is 1. The van der Waals surface area contributed by atoms with Crippen LogP contribution in [0.25, 0.3) is 0 Å². The fraction of sp³-hybridized carbons (Fsp3) is 0.793. The zero-order valence-electron chi connectivity index (χ0n) is 22.3. The first-order valence-corrected chi connectivity index (χ1v) is 13.9. The molecule has 7 nitrogen and oxygen atoms in total. The van der Waals surface area contributed by atoms with E-state index in [0.717, 1.165) is 44.9 Å². The second-order valence-electron chi connectivity index (χ2n) is 12.3. The van der Waals surface area contributed by atoms with Crippen molar-refractivity contribution in [2.24, 2.45) is 34.5 Å². The Morgan fingerprint density at radius 2 is 1.83 bits per heavy atom. The van der Waals surface area contributed by atoms with Gasteiger partial charge in [-0.2, -0.15) is 0 Å². The van der Waals surface area contributed by atoms with E-state index in [1.54, 1.807) is 6.92 Å². The molecule has 0 radical (unpaired) electrons. The zero-order valence-corrected chi connectivity index (χ0v) is 22.3. The highest BCUT2D eigenvalue weighted by molar-refractivity contribution is 5.91. The summed E-state index contributed by atoms with van der Waals surface area (Å²) in [6.45, 7) is 8.33. The molecule has 2 N–H and O–H groups in total. The van der Waals surface area contributed by atoms with Gasteiger partial charge in [0.25, 0.3) is 0 Å². The van der Waals surface area contributed by atoms with Crippen LogP contribution in [-0.4, -0.2) is 40.9 Å². The number of carboxylic acid groups (broad SMARTS) is 1. The number of hydrogen-bond acceptors (Lipinski definition) is 5. The van der Waals surface area contributed by atoms with E-state index in [4.69, 9.17) is 4.74 Å². The second-order valence-corrected chi connectivity index (χ2v) is 12.3. The maximum Gasteiger partial charge on any atom is 0.326 e. The summed E-state index contributed by atoms with van der Waals surface area (Å²) in [5.41, 5.74) is 1.44. The Morgan fingerprint density at radius 1 is 1.08 bits per heavy atom. The van der Waals surface area contributed by atoms with Crippen molar-refractivity contribution in [2.45, 2.75) is 110 Å². The number of ketones is 1. The number of carboxylic acids is 1. The minimum absolute atomic E-state index is 0.0395. The van der Waals surface area contributed by atoms with Gasteiger partial charge in [-0.05, 0) is 80.1 Å². The van der Waals surface area contributed by atoms with Crippen molar-refractivity contribution < 1.29 is 29.0 Å². The molecule has 1 amide bonds. The molecule has 4 aliphatic carbocycles. The second kappa shape index (κ2) is 10.3. The predicted octanol–water partition coefficient (Wildman–Crippen LogP) is 4.83. The van der Waals surface area contributed by atoms with Gasteiger partial charge in [0.05, 0.1) is 6.42 Å². The number of hydrogen-bond donors (Lipinski definition) is 2. The van der Waals surface area contributed by atoms with E-state index in [2.05, 4.69) is 19.2 Å². The van der Waals surface area contributed by atoms with E-state index in [9.17, 15) is 24.3 Å². The average Bonchev–Trinajstić information content (AvgIpc) is 3.17. The van der Waals surface area contributed by atoms with Gasteiger partial charge < -0.3 is 15.2 Å². The molecule has 0 saturated heterocycles. The monoisotopic (exact) mass is 501 g/mol. The van der Waals surface area contributed by atoms with Crippen LogP contribution in [0.2, 0.25) is 0 Å². The predicted molar refractivity (Wildman–Crippen MR) is 135 cm³/mol. The quantitative estimate of drug-likeness (QED) is 0.461. The molecular weight excluding hydrogens is 458 g/mol. The third kappa shape index (κ3) is 4.87. The van der Waals surface area contributed by atoms with Crippen LogP contribution in [0.4, 0.5) is 0 Å². The summed E-state index contributed by atoms with van der Waals surface area (Å²) in [6.07, 6.45) is 10.1. The van der Waals surface area contributed by atoms with E-state index in [1.807, 2.05) is 13.0 Å². The normalized spacial score (nSPS) is 37.0. The highest BCUT2D eigenvalue weighted by atomic mass is 16.5. The van der Waals surface area contributed by atoms with Crippen LogP contribution in [0.15, 0.2) is 11.6 Å². The highest BCUT2D eigenvalue weighted by Gasteiger charge is 2.59. The molecule has 0 bridgehead atoms. The molecule has 3 fully saturated rings. The molecule has 4 aliphatic rings. The number of carbonyl (C=O) groups is 4. The molecule has 4 rings (SSSR count). The molecule has 200 valence electrons. The first-order chi connectivity index (χ1) is 17.0. The van der Waals surface area contributed by atoms with Crippen LogP contribution in [-0.2, 0) is 23.9 Å². The van der Waals surface area contributed by atoms with Gasteiger partial charge in [0, 0.05) is 18.3 Å². The van der Waals surface area contributed by atoms with Gasteiger partial charge in [0.2, 0.25) is 5.91 Å². The van der Waals surface area contributed by atoms with Gasteiger partial charge >= 0.3 is 11.9 Å². The molecule has 0 aliphatic heterocycles. The van der Waals surface area contributed by atoms with Gasteiger partial charge in [0.15, 0.2) is 5.78 Å². The van der Waals surface area contributed by atoms with Crippen molar-refractivity contribution in [3.63, 3.8) is 0 Å². The van der Waals surface area contributed by atoms with E-state index in [-0.39, 0.29) is 47.4 Å². The summed E-state index contributed by atoms with van der Waals surface area (Å²) in [5.74, 6) is -0.0631. The summed E-state index contributed by atoms with van der Waals surface area (Å²) in [5, 5.41) is 11.9. The maximum atomic E-state index is 12.7. The summed E-state index contributed by atoms with van der Waals surface area (Å²) in [7, 11) is 0. The van der Waals surface area contributed by atoms with Crippen LogP contribution in [0.3, 0.4) is 0 Å². The zero-order chi connectivity index (χ0) is 26.3. The van der Waals surface area contributed by atoms with Crippen LogP contribution >= 0.6 is 0 Å². The molecule has 8 unspecified atom stereocenters. The van der Waals surface area contributed by atoms with Crippen molar-refractivity contribution in [1.82, 2.24) is 5.32 Å². The highest BCUT2D eigenvalue weighted by Crippen LogP contribution is 2.65. The lowest BCUT2D eigenvalue weighted by Crippen LogP contribution is -2.51. The summed E-state index contributed by atoms with van der Waals surface area (Å²) < 4.78 is 5.99. The average molecular weight is 502 g/mol. The van der Waals surface area contributed by atoms with Crippen molar-refractivity contribution >= 4 is 23.6 Å². The van der Waals surface area contributed by atoms with E-state index < -0.39 is 17.9 Å². The fourth-order valence-corrected chi connectivity index (χ4v) is 8.07. The number of nitrogens with one attached hydrogen (secondary N) is 1. The Hall–Kier alpha value is -2.18. The van der Waals surface area contributed by atoms with Gasteiger partial charge in [-0.25, -0.2) is 4.79 Å². The Labute approximate surface area is 214 Å². The first-order valence-electron chi connectivity index (χ1n) is 13.9. The minimum Gasteiger partial charge on any atom is -0.480 e. The van der Waals surface area contributed by atoms with Gasteiger partial charge in [-0.3, -0.25) is 14.4 Å². The first kappa shape index (κ1) is 26.9. The SMILES string of the molecule is CCC(C)C(NC(=O)CCC(=O)OC1CCC2C3CCC4=CC(=O)CCC4(C)C3CCC12C)C(=O)O. The number of carbonyl (C=O) groups excluding carboxylic acids is 3. The Bertz CT molecular complexity index is 942. The third-order valence-electron chi connectivity index (χ3n) is 10.5. The molecule has 7 heteroatoms. The van der Waals surface area contributed by atoms with Crippen LogP contribution < -0.4 is 5.32 Å². The van der Waals surface area contributed by atoms with Crippen molar-refractivity contribution in [3.05, 3.63) is 11.6 Å². The number of amides is 1. The molecule has 0 aromatic carbocycles. The molecule has 3 saturated carbocycles. The molecule has 36 heavy (non-hydrogen) atoms. The van der Waals surface area contributed by atoms with Crippen LogP contribution in [0.1, 0.15) is 98.3 Å². The van der Waals surface area contributed by atoms with Crippen LogP contribution in [0, 0.1) is 34.5 Å². The van der Waals surface area contributed by atoms with Gasteiger partial charge in [-0.15, -0.1) is 0 Å². The fourth-order valence-electron chi connectivity index (χ4n) is 8.07. The number of fused-ring (bicyclic) bond motifs is 5. The van der Waals surface area contributed by atoms with Crippen molar-refractivity contribution in [2.75, 3.05) is 0 Å². The summed E-state index contributed by atoms with van der Waals surface area (Å²) in [4.78, 5) is 48.6. The minimum atomic E-state index is -1.06. The Kier molecular flexibility index (Phi) is 7.68. The molecule has 0 aromatic rings. The lowest BCUT2D eigenvalue weighted by molar-refractivity contribution is -0.160. The largest absolute Gasteiger partial charge is 0.480 e. The molecule has 0 spiro atoms. The Balaban J connectivity index is 1.34. The van der Waals surface area contributed by atoms with E-state index in [1.165, 1.54) is 5.57 Å². The smallest absolute Gasteiger partial charge is 0.326 e. The van der Waals surface area contributed by atoms with Gasteiger partial charge in [-0.1, -0.05) is 39.7 Å². The molecule has 0 aromatic heterocycles. The lowest BCUT2D eigenvalue weighted by Gasteiger charge is -2.57. The molecule has 0 heterocycles. The third-order valence-corrected chi connectivity index (χ3v) is 10.5. The number of aliphatic carboxylic acids is 1. The topological polar surface area (TPSA) is 110 Å². The summed E-state index contributed by atoms with van der Waals surface area (Å²) >= 11 is 0. The van der Waals surface area contributed by atoms with Crippen molar-refractivity contribution in [3.8, 4) is 0 Å². The summed E-state index contributed by atoms with van der Waals surface area (Å²) in [6, 6.07) is -0.946. The lowest BCUT2D eigenvalue weighted by atomic mass is 9.47. The molecule has 8 atom stereocenters. The molecular formula is C29H43NO6. The van der Waals surface area contributed by atoms with Crippen LogP contribution in [0.5, 0.6) is 0 Å². The number of esters is 1. The number of ether oxygens (including phenoxy) is 1. The standard InChI is InChI=1S/C29H43NO6/c1-5-17(2)26(27(34)35)30-24(32)10-11-25(33)36-23-9-8-21-20-7-6-18-16-19(31)12-14-28(18,3)22(20)13-15-29(21,23)4/h16-17,20-23,26H,5-15H2,1-4H3,(H,30,32)(H,34,35). The maximum absolute atomic E-state index is 12.7. The van der Waals surface area contributed by atoms with Gasteiger partial charge in [0.1, 0.15) is 12.1 Å².